The average molecular weight is 502 g/mol. The number of alkyl halides is 3. The molecule has 1 aliphatic heterocycles. The number of rotatable bonds is 4. The van der Waals surface area contributed by atoms with E-state index in [4.69, 9.17) is 27.2 Å². The van der Waals surface area contributed by atoms with Gasteiger partial charge in [-0.15, -0.1) is 0 Å². The zero-order chi connectivity index (χ0) is 24.7. The second-order valence-electron chi connectivity index (χ2n) is 7.74. The summed E-state index contributed by atoms with van der Waals surface area (Å²) in [6.07, 6.45) is -3.91. The molecule has 0 radical (unpaired) electrons. The van der Waals surface area contributed by atoms with Gasteiger partial charge in [-0.3, -0.25) is 5.32 Å². The Morgan fingerprint density at radius 2 is 1.89 bits per heavy atom. The highest BCUT2D eigenvalue weighted by Gasteiger charge is 2.36. The molecule has 13 heteroatoms. The van der Waals surface area contributed by atoms with Gasteiger partial charge in [0.1, 0.15) is 0 Å². The molecular weight excluding hydrogens is 485 g/mol. The summed E-state index contributed by atoms with van der Waals surface area (Å²) in [5.41, 5.74) is 6.30. The molecule has 180 valence electrons. The average Bonchev–Trinajstić information content (AvgIpc) is 3.53. The minimum atomic E-state index is -4.76. The van der Waals surface area contributed by atoms with Gasteiger partial charge in [-0.1, -0.05) is 17.4 Å². The molecular formula is C22H17F3N6O3S. The predicted octanol–water partition coefficient (Wildman–Crippen LogP) is 5.15. The maximum Gasteiger partial charge on any atom is 0.435 e. The normalized spacial score (nSPS) is 14.0. The van der Waals surface area contributed by atoms with E-state index in [2.05, 4.69) is 15.6 Å². The van der Waals surface area contributed by atoms with Gasteiger partial charge in [-0.05, 0) is 55.3 Å². The van der Waals surface area contributed by atoms with Crippen molar-refractivity contribution >= 4 is 51.5 Å². The van der Waals surface area contributed by atoms with Gasteiger partial charge in [-0.25, -0.2) is 4.79 Å². The van der Waals surface area contributed by atoms with Gasteiger partial charge in [0.25, 0.3) is 0 Å². The van der Waals surface area contributed by atoms with E-state index >= 15 is 0 Å². The molecule has 1 amide bonds. The summed E-state index contributed by atoms with van der Waals surface area (Å²) in [6, 6.07) is 11.9. The van der Waals surface area contributed by atoms with Crippen LogP contribution in [0.1, 0.15) is 18.5 Å². The molecule has 4 aromatic rings. The third-order valence-electron chi connectivity index (χ3n) is 5.39. The lowest BCUT2D eigenvalue weighted by Gasteiger charge is -2.18. The summed E-state index contributed by atoms with van der Waals surface area (Å²) >= 11 is 5.34. The minimum Gasteiger partial charge on any atom is -0.391 e. The molecule has 0 aliphatic carbocycles. The molecule has 1 aliphatic rings. The lowest BCUT2D eigenvalue weighted by atomic mass is 10.2. The summed E-state index contributed by atoms with van der Waals surface area (Å²) < 4.78 is 51.1. The number of nitrogens with zero attached hydrogens (tertiary/aromatic N) is 4. The van der Waals surface area contributed by atoms with Crippen molar-refractivity contribution in [3.63, 3.8) is 0 Å². The number of carbonyl (C=O) groups is 1. The smallest absolute Gasteiger partial charge is 0.391 e. The second-order valence-corrected chi connectivity index (χ2v) is 8.21. The number of anilines is 3. The van der Waals surface area contributed by atoms with Gasteiger partial charge in [0.05, 0.1) is 16.1 Å². The van der Waals surface area contributed by atoms with E-state index < -0.39 is 23.8 Å². The van der Waals surface area contributed by atoms with Crippen LogP contribution in [-0.2, 0) is 6.18 Å². The van der Waals surface area contributed by atoms with Crippen molar-refractivity contribution in [3.8, 4) is 11.6 Å². The molecule has 1 saturated heterocycles. The molecule has 9 nitrogen and oxygen atoms in total. The van der Waals surface area contributed by atoms with Gasteiger partial charge in [0.15, 0.2) is 17.1 Å². The molecule has 1 fully saturated rings. The van der Waals surface area contributed by atoms with Crippen molar-refractivity contribution in [2.75, 3.05) is 22.5 Å². The fourth-order valence-corrected chi connectivity index (χ4v) is 4.06. The first-order chi connectivity index (χ1) is 16.7. The topological polar surface area (TPSA) is 111 Å². The van der Waals surface area contributed by atoms with Gasteiger partial charge in [-0.2, -0.15) is 23.0 Å². The fourth-order valence-electron chi connectivity index (χ4n) is 3.72. The standard InChI is InChI=1S/C22H17F3N6O3S/c23-22(24,25)17-11-18(31(28-17)14-7-8-16-15(10-14)20(26)29-34-16)33-21(32)27-12-3-5-13(6-4-12)30-9-1-2-19(30)35/h3-8,10-11H,1-2,9H2,(H2,26,29)(H,27,32). The van der Waals surface area contributed by atoms with E-state index in [-0.39, 0.29) is 11.5 Å². The van der Waals surface area contributed by atoms with Crippen molar-refractivity contribution in [1.82, 2.24) is 14.9 Å². The number of thiocarbonyl (C=S) groups is 1. The molecule has 3 N–H and O–H groups in total. The maximum absolute atomic E-state index is 13.4. The van der Waals surface area contributed by atoms with Crippen LogP contribution in [0, 0.1) is 0 Å². The summed E-state index contributed by atoms with van der Waals surface area (Å²) in [5, 5.41) is 10.1. The summed E-state index contributed by atoms with van der Waals surface area (Å²) in [5.74, 6) is -0.383. The third kappa shape index (κ3) is 4.49. The number of carbonyl (C=O) groups excluding carboxylic acids is 1. The Morgan fingerprint density at radius 3 is 2.57 bits per heavy atom. The molecule has 0 bridgehead atoms. The predicted molar refractivity (Wildman–Crippen MR) is 126 cm³/mol. The van der Waals surface area contributed by atoms with Crippen LogP contribution in [0.25, 0.3) is 16.7 Å². The van der Waals surface area contributed by atoms with Crippen molar-refractivity contribution in [1.29, 1.82) is 0 Å². The zero-order valence-electron chi connectivity index (χ0n) is 17.9. The molecule has 35 heavy (non-hydrogen) atoms. The van der Waals surface area contributed by atoms with Crippen LogP contribution in [0.4, 0.5) is 35.2 Å². The number of nitrogen functional groups attached to an aromatic ring is 1. The molecule has 0 spiro atoms. The zero-order valence-corrected chi connectivity index (χ0v) is 18.7. The molecule has 5 rings (SSSR count). The van der Waals surface area contributed by atoms with E-state index in [1.165, 1.54) is 18.2 Å². The van der Waals surface area contributed by atoms with Crippen LogP contribution >= 0.6 is 12.2 Å². The van der Waals surface area contributed by atoms with Gasteiger partial charge < -0.3 is 19.9 Å². The largest absolute Gasteiger partial charge is 0.435 e. The highest BCUT2D eigenvalue weighted by atomic mass is 32.1. The number of fused-ring (bicyclic) bond motifs is 1. The van der Waals surface area contributed by atoms with Crippen molar-refractivity contribution < 1.29 is 27.2 Å². The van der Waals surface area contributed by atoms with Gasteiger partial charge in [0, 0.05) is 24.0 Å². The number of benzene rings is 2. The summed E-state index contributed by atoms with van der Waals surface area (Å²) in [7, 11) is 0. The van der Waals surface area contributed by atoms with Crippen molar-refractivity contribution in [2.45, 2.75) is 19.0 Å². The Hall–Kier alpha value is -4.13. The Kier molecular flexibility index (Phi) is 5.55. The molecule has 0 unspecified atom stereocenters. The SMILES string of the molecule is Nc1noc2ccc(-n3nc(C(F)(F)F)cc3OC(=O)Nc3ccc(N4CCCC4=S)cc3)cc12. The number of aromatic nitrogens is 3. The lowest BCUT2D eigenvalue weighted by molar-refractivity contribution is -0.141. The second kappa shape index (κ2) is 8.58. The number of amides is 1. The first-order valence-corrected chi connectivity index (χ1v) is 10.8. The van der Waals surface area contributed by atoms with Gasteiger partial charge in [0.2, 0.25) is 5.88 Å². The monoisotopic (exact) mass is 502 g/mol. The summed E-state index contributed by atoms with van der Waals surface area (Å²) in [6.45, 7) is 0.825. The van der Waals surface area contributed by atoms with E-state index in [9.17, 15) is 18.0 Å². The number of halogens is 3. The van der Waals surface area contributed by atoms with Crippen LogP contribution < -0.4 is 20.7 Å². The summed E-state index contributed by atoms with van der Waals surface area (Å²) in [4.78, 5) is 15.4. The number of hydrogen-bond acceptors (Lipinski definition) is 7. The van der Waals surface area contributed by atoms with Crippen LogP contribution in [0.5, 0.6) is 5.88 Å². The van der Waals surface area contributed by atoms with Crippen LogP contribution in [0.2, 0.25) is 0 Å². The Balaban J connectivity index is 1.39. The Labute approximate surface area is 201 Å². The molecule has 2 aromatic heterocycles. The third-order valence-corrected chi connectivity index (χ3v) is 5.81. The fraction of sp³-hybridized carbons (Fsp3) is 0.182. The van der Waals surface area contributed by atoms with Crippen molar-refractivity contribution in [3.05, 3.63) is 54.2 Å². The van der Waals surface area contributed by atoms with Crippen molar-refractivity contribution in [2.24, 2.45) is 0 Å². The molecule has 2 aromatic carbocycles. The maximum atomic E-state index is 13.4. The quantitative estimate of drug-likeness (QED) is 0.369. The van der Waals surface area contributed by atoms with Crippen LogP contribution in [0.3, 0.4) is 0 Å². The Morgan fingerprint density at radius 1 is 1.14 bits per heavy atom. The van der Waals surface area contributed by atoms with Crippen LogP contribution in [-0.4, -0.2) is 32.6 Å². The highest BCUT2D eigenvalue weighted by molar-refractivity contribution is 7.80. The van der Waals surface area contributed by atoms with E-state index in [1.807, 2.05) is 4.90 Å². The minimum absolute atomic E-state index is 0.0587. The molecule has 3 heterocycles. The number of ether oxygens (including phenoxy) is 1. The number of nitrogens with two attached hydrogens (primary N) is 1. The first kappa shape index (κ1) is 22.7. The molecule has 0 saturated carbocycles. The van der Waals surface area contributed by atoms with Gasteiger partial charge >= 0.3 is 12.3 Å². The van der Waals surface area contributed by atoms with E-state index in [1.54, 1.807) is 24.3 Å². The first-order valence-electron chi connectivity index (χ1n) is 10.4. The highest BCUT2D eigenvalue weighted by Crippen LogP contribution is 2.33. The number of nitrogens with one attached hydrogen (secondary N) is 1. The lowest BCUT2D eigenvalue weighted by Crippen LogP contribution is -2.22. The number of hydrogen-bond donors (Lipinski definition) is 2. The van der Waals surface area contributed by atoms with Crippen LogP contribution in [0.15, 0.2) is 53.1 Å². The van der Waals surface area contributed by atoms with E-state index in [0.717, 1.165) is 34.7 Å². The van der Waals surface area contributed by atoms with E-state index in [0.29, 0.717) is 22.7 Å². The molecule has 0 atom stereocenters. The Bertz CT molecular complexity index is 1430.